The summed E-state index contributed by atoms with van der Waals surface area (Å²) in [5.74, 6) is 1.58. The lowest BCUT2D eigenvalue weighted by molar-refractivity contribution is 0.171. The number of rotatable bonds is 2. The van der Waals surface area contributed by atoms with Gasteiger partial charge in [-0.25, -0.2) is 4.98 Å². The zero-order chi connectivity index (χ0) is 14.2. The van der Waals surface area contributed by atoms with Gasteiger partial charge in [-0.1, -0.05) is 11.8 Å². The topological polar surface area (TPSA) is 73.2 Å². The Morgan fingerprint density at radius 2 is 1.90 bits per heavy atom. The van der Waals surface area contributed by atoms with Gasteiger partial charge in [-0.3, -0.25) is 0 Å². The Morgan fingerprint density at radius 1 is 1.05 bits per heavy atom. The largest absolute Gasteiger partial charge is 0.486 e. The molecular weight excluding hydrogens is 286 g/mol. The summed E-state index contributed by atoms with van der Waals surface area (Å²) in [5, 5.41) is 0.826. The Morgan fingerprint density at radius 3 is 2.81 bits per heavy atom. The fraction of sp³-hybridized carbons (Fsp3) is 0.133. The van der Waals surface area contributed by atoms with Crippen LogP contribution in [0.1, 0.15) is 0 Å². The minimum absolute atomic E-state index is 0.588. The molecule has 0 amide bonds. The number of nitrogens with one attached hydrogen (secondary N) is 1. The second kappa shape index (κ2) is 4.89. The van der Waals surface area contributed by atoms with Crippen molar-refractivity contribution in [3.63, 3.8) is 0 Å². The number of fused-ring (bicyclic) bond motifs is 2. The Kier molecular flexibility index (Phi) is 2.89. The summed E-state index contributed by atoms with van der Waals surface area (Å²) in [6.45, 7) is 1.19. The molecule has 2 aromatic carbocycles. The third-order valence-corrected chi connectivity index (χ3v) is 4.09. The van der Waals surface area contributed by atoms with E-state index in [0.29, 0.717) is 13.2 Å². The van der Waals surface area contributed by atoms with E-state index in [2.05, 4.69) is 9.97 Å². The van der Waals surface area contributed by atoms with Gasteiger partial charge in [-0.2, -0.15) is 0 Å². The van der Waals surface area contributed by atoms with E-state index in [1.54, 1.807) is 11.8 Å². The number of benzene rings is 2. The van der Waals surface area contributed by atoms with Crippen LogP contribution in [0.2, 0.25) is 0 Å². The second-order valence-corrected chi connectivity index (χ2v) is 5.79. The zero-order valence-electron chi connectivity index (χ0n) is 11.1. The highest BCUT2D eigenvalue weighted by Crippen LogP contribution is 2.36. The molecule has 0 bridgehead atoms. The molecule has 1 aromatic heterocycles. The number of hydrogen-bond donors (Lipinski definition) is 2. The van der Waals surface area contributed by atoms with Crippen molar-refractivity contribution in [2.45, 2.75) is 10.1 Å². The van der Waals surface area contributed by atoms with Crippen molar-refractivity contribution in [1.29, 1.82) is 0 Å². The van der Waals surface area contributed by atoms with E-state index >= 15 is 0 Å². The SMILES string of the molecule is Nc1ccc2nc(Sc3ccc4c(c3)OCCO4)[nH]c2c1. The third-order valence-electron chi connectivity index (χ3n) is 3.21. The molecule has 2 heterocycles. The lowest BCUT2D eigenvalue weighted by atomic mass is 10.3. The van der Waals surface area contributed by atoms with Crippen LogP contribution in [0, 0.1) is 0 Å². The van der Waals surface area contributed by atoms with Crippen LogP contribution in [0.4, 0.5) is 5.69 Å². The molecule has 5 nitrogen and oxygen atoms in total. The monoisotopic (exact) mass is 299 g/mol. The van der Waals surface area contributed by atoms with Crippen LogP contribution in [0.5, 0.6) is 11.5 Å². The Balaban J connectivity index is 1.64. The first kappa shape index (κ1) is 12.4. The van der Waals surface area contributed by atoms with Gasteiger partial charge >= 0.3 is 0 Å². The van der Waals surface area contributed by atoms with E-state index in [-0.39, 0.29) is 0 Å². The summed E-state index contributed by atoms with van der Waals surface area (Å²) in [6, 6.07) is 11.5. The average Bonchev–Trinajstić information content (AvgIpc) is 2.88. The molecule has 21 heavy (non-hydrogen) atoms. The molecule has 3 aromatic rings. The standard InChI is InChI=1S/C15H13N3O2S/c16-9-1-3-11-12(7-9)18-15(17-11)21-10-2-4-13-14(8-10)20-6-5-19-13/h1-4,7-8H,5-6,16H2,(H,17,18). The number of H-pyrrole nitrogens is 1. The molecule has 6 heteroatoms. The van der Waals surface area contributed by atoms with Crippen molar-refractivity contribution >= 4 is 28.5 Å². The van der Waals surface area contributed by atoms with Gasteiger partial charge in [0.15, 0.2) is 16.7 Å². The van der Waals surface area contributed by atoms with Gasteiger partial charge in [-0.15, -0.1) is 0 Å². The number of aromatic amines is 1. The molecule has 0 fully saturated rings. The molecule has 0 atom stereocenters. The number of nitrogen functional groups attached to an aromatic ring is 1. The Bertz CT molecular complexity index is 816. The fourth-order valence-electron chi connectivity index (χ4n) is 2.25. The molecule has 0 unspecified atom stereocenters. The number of ether oxygens (including phenoxy) is 2. The van der Waals surface area contributed by atoms with Crippen LogP contribution in [0.25, 0.3) is 11.0 Å². The summed E-state index contributed by atoms with van der Waals surface area (Å²) in [7, 11) is 0. The molecule has 3 N–H and O–H groups in total. The van der Waals surface area contributed by atoms with Crippen LogP contribution in [0.15, 0.2) is 46.5 Å². The quantitative estimate of drug-likeness (QED) is 0.711. The molecule has 1 aliphatic heterocycles. The molecular formula is C15H13N3O2S. The van der Waals surface area contributed by atoms with Gasteiger partial charge in [0.1, 0.15) is 13.2 Å². The van der Waals surface area contributed by atoms with Crippen molar-refractivity contribution in [3.05, 3.63) is 36.4 Å². The number of aromatic nitrogens is 2. The number of hydrogen-bond acceptors (Lipinski definition) is 5. The van der Waals surface area contributed by atoms with Gasteiger partial charge in [0.2, 0.25) is 0 Å². The number of imidazole rings is 1. The summed E-state index contributed by atoms with van der Waals surface area (Å²) in [5.41, 5.74) is 8.35. The zero-order valence-corrected chi connectivity index (χ0v) is 11.9. The van der Waals surface area contributed by atoms with Crippen molar-refractivity contribution < 1.29 is 9.47 Å². The van der Waals surface area contributed by atoms with Crippen LogP contribution in [-0.4, -0.2) is 23.2 Å². The molecule has 0 aliphatic carbocycles. The van der Waals surface area contributed by atoms with Gasteiger partial charge in [0, 0.05) is 10.6 Å². The second-order valence-electron chi connectivity index (χ2n) is 4.73. The average molecular weight is 299 g/mol. The molecule has 0 radical (unpaired) electrons. The van der Waals surface area contributed by atoms with E-state index in [1.807, 2.05) is 36.4 Å². The van der Waals surface area contributed by atoms with E-state index in [0.717, 1.165) is 38.3 Å². The maximum atomic E-state index is 5.78. The number of nitrogens with zero attached hydrogens (tertiary/aromatic N) is 1. The minimum atomic E-state index is 0.588. The number of anilines is 1. The Hall–Kier alpha value is -2.34. The normalized spacial score (nSPS) is 13.5. The summed E-state index contributed by atoms with van der Waals surface area (Å²) in [6.07, 6.45) is 0. The van der Waals surface area contributed by atoms with E-state index < -0.39 is 0 Å². The van der Waals surface area contributed by atoms with Crippen molar-refractivity contribution in [2.24, 2.45) is 0 Å². The first-order chi connectivity index (χ1) is 10.3. The first-order valence-corrected chi connectivity index (χ1v) is 7.42. The molecule has 0 saturated heterocycles. The molecule has 106 valence electrons. The Labute approximate surface area is 125 Å². The van der Waals surface area contributed by atoms with Crippen molar-refractivity contribution in [2.75, 3.05) is 18.9 Å². The molecule has 1 aliphatic rings. The molecule has 0 saturated carbocycles. The summed E-state index contributed by atoms with van der Waals surface area (Å²) >= 11 is 1.55. The van der Waals surface area contributed by atoms with Gasteiger partial charge in [-0.05, 0) is 36.4 Å². The third kappa shape index (κ3) is 2.38. The van der Waals surface area contributed by atoms with Crippen LogP contribution >= 0.6 is 11.8 Å². The van der Waals surface area contributed by atoms with Crippen LogP contribution in [-0.2, 0) is 0 Å². The maximum Gasteiger partial charge on any atom is 0.171 e. The molecule has 4 rings (SSSR count). The smallest absolute Gasteiger partial charge is 0.171 e. The number of nitrogens with two attached hydrogens (primary N) is 1. The highest BCUT2D eigenvalue weighted by Gasteiger charge is 2.13. The maximum absolute atomic E-state index is 5.78. The van der Waals surface area contributed by atoms with E-state index in [1.165, 1.54) is 0 Å². The first-order valence-electron chi connectivity index (χ1n) is 6.61. The summed E-state index contributed by atoms with van der Waals surface area (Å²) < 4.78 is 11.1. The van der Waals surface area contributed by atoms with Gasteiger partial charge < -0.3 is 20.2 Å². The fourth-order valence-corrected chi connectivity index (χ4v) is 3.08. The summed E-state index contributed by atoms with van der Waals surface area (Å²) in [4.78, 5) is 8.85. The van der Waals surface area contributed by atoms with Gasteiger partial charge in [0.05, 0.1) is 11.0 Å². The molecule has 0 spiro atoms. The predicted molar refractivity (Wildman–Crippen MR) is 82.1 cm³/mol. The lowest BCUT2D eigenvalue weighted by Crippen LogP contribution is -2.15. The van der Waals surface area contributed by atoms with E-state index in [9.17, 15) is 0 Å². The van der Waals surface area contributed by atoms with Crippen LogP contribution in [0.3, 0.4) is 0 Å². The minimum Gasteiger partial charge on any atom is -0.486 e. The van der Waals surface area contributed by atoms with Crippen LogP contribution < -0.4 is 15.2 Å². The highest BCUT2D eigenvalue weighted by molar-refractivity contribution is 7.99. The predicted octanol–water partition coefficient (Wildman–Crippen LogP) is 3.07. The van der Waals surface area contributed by atoms with Crippen molar-refractivity contribution in [1.82, 2.24) is 9.97 Å². The highest BCUT2D eigenvalue weighted by atomic mass is 32.2. The lowest BCUT2D eigenvalue weighted by Gasteiger charge is -2.18. The van der Waals surface area contributed by atoms with Gasteiger partial charge in [0.25, 0.3) is 0 Å². The van der Waals surface area contributed by atoms with E-state index in [4.69, 9.17) is 15.2 Å². The van der Waals surface area contributed by atoms with Crippen molar-refractivity contribution in [3.8, 4) is 11.5 Å².